The normalized spacial score (nSPS) is 19.0. The molecule has 1 aliphatic carbocycles. The second-order valence-electron chi connectivity index (χ2n) is 7.00. The highest BCUT2D eigenvalue weighted by Gasteiger charge is 2.34. The number of aliphatic carboxylic acids is 1. The average molecular weight is 371 g/mol. The standard InChI is InChI=1S/C19H25N5O3/c1-4-23(11-18(25)26)16-8-15(9-16)21-19(27)14-5-6-17(20-10-14)24-13(3)7-12(2)22-24/h5-7,10,15-16H,4,8-9,11H2,1-3H3,(H,21,27)(H,25,26). The zero-order chi connectivity index (χ0) is 19.6. The number of hydrogen-bond acceptors (Lipinski definition) is 5. The van der Waals surface area contributed by atoms with Crippen LogP contribution < -0.4 is 5.32 Å². The molecule has 27 heavy (non-hydrogen) atoms. The summed E-state index contributed by atoms with van der Waals surface area (Å²) in [5.74, 6) is -0.307. The van der Waals surface area contributed by atoms with Gasteiger partial charge in [-0.1, -0.05) is 6.92 Å². The number of carboxylic acids is 1. The quantitative estimate of drug-likeness (QED) is 0.766. The highest BCUT2D eigenvalue weighted by molar-refractivity contribution is 5.94. The molecule has 1 aliphatic rings. The smallest absolute Gasteiger partial charge is 0.317 e. The summed E-state index contributed by atoms with van der Waals surface area (Å²) in [5, 5.41) is 16.3. The van der Waals surface area contributed by atoms with Gasteiger partial charge in [-0.3, -0.25) is 14.5 Å². The predicted molar refractivity (Wildman–Crippen MR) is 100.0 cm³/mol. The zero-order valence-corrected chi connectivity index (χ0v) is 15.8. The molecule has 144 valence electrons. The second-order valence-corrected chi connectivity index (χ2v) is 7.00. The number of amides is 1. The van der Waals surface area contributed by atoms with Gasteiger partial charge in [-0.2, -0.15) is 5.10 Å². The Balaban J connectivity index is 1.55. The largest absolute Gasteiger partial charge is 0.480 e. The summed E-state index contributed by atoms with van der Waals surface area (Å²) in [5.41, 5.74) is 2.40. The van der Waals surface area contributed by atoms with E-state index in [-0.39, 0.29) is 24.5 Å². The fraction of sp³-hybridized carbons (Fsp3) is 0.474. The number of aromatic nitrogens is 3. The number of hydrogen-bond donors (Lipinski definition) is 2. The molecule has 1 amide bonds. The Morgan fingerprint density at radius 3 is 2.59 bits per heavy atom. The highest BCUT2D eigenvalue weighted by atomic mass is 16.4. The van der Waals surface area contributed by atoms with E-state index in [0.29, 0.717) is 17.9 Å². The van der Waals surface area contributed by atoms with Gasteiger partial charge in [0.2, 0.25) is 0 Å². The fourth-order valence-corrected chi connectivity index (χ4v) is 3.45. The van der Waals surface area contributed by atoms with Crippen LogP contribution in [-0.4, -0.2) is 61.8 Å². The lowest BCUT2D eigenvalue weighted by atomic mass is 9.85. The molecule has 0 bridgehead atoms. The lowest BCUT2D eigenvalue weighted by Gasteiger charge is -2.42. The third kappa shape index (κ3) is 4.33. The zero-order valence-electron chi connectivity index (χ0n) is 15.8. The summed E-state index contributed by atoms with van der Waals surface area (Å²) in [7, 11) is 0. The first kappa shape index (κ1) is 19.0. The molecule has 0 spiro atoms. The van der Waals surface area contributed by atoms with Crippen LogP contribution in [0.25, 0.3) is 5.82 Å². The van der Waals surface area contributed by atoms with Gasteiger partial charge in [0.15, 0.2) is 5.82 Å². The lowest BCUT2D eigenvalue weighted by Crippen LogP contribution is -2.54. The van der Waals surface area contributed by atoms with Crippen LogP contribution in [0.5, 0.6) is 0 Å². The molecule has 2 heterocycles. The van der Waals surface area contributed by atoms with Crippen molar-refractivity contribution < 1.29 is 14.7 Å². The SMILES string of the molecule is CCN(CC(=O)O)C1CC(NC(=O)c2ccc(-n3nc(C)cc3C)nc2)C1. The van der Waals surface area contributed by atoms with Crippen molar-refractivity contribution in [2.75, 3.05) is 13.1 Å². The minimum atomic E-state index is -0.821. The van der Waals surface area contributed by atoms with E-state index in [2.05, 4.69) is 15.4 Å². The molecule has 1 fully saturated rings. The summed E-state index contributed by atoms with van der Waals surface area (Å²) < 4.78 is 1.75. The van der Waals surface area contributed by atoms with Crippen LogP contribution in [0.1, 0.15) is 41.5 Å². The number of nitrogens with one attached hydrogen (secondary N) is 1. The van der Waals surface area contributed by atoms with Crippen molar-refractivity contribution >= 4 is 11.9 Å². The minimum Gasteiger partial charge on any atom is -0.480 e. The van der Waals surface area contributed by atoms with Crippen LogP contribution in [0.3, 0.4) is 0 Å². The molecule has 2 aromatic rings. The minimum absolute atomic E-state index is 0.0412. The van der Waals surface area contributed by atoms with Crippen molar-refractivity contribution in [1.29, 1.82) is 0 Å². The molecule has 0 radical (unpaired) electrons. The Labute approximate surface area is 158 Å². The Bertz CT molecular complexity index is 824. The van der Waals surface area contributed by atoms with Gasteiger partial charge < -0.3 is 10.4 Å². The number of pyridine rings is 1. The second kappa shape index (κ2) is 7.87. The molecule has 8 nitrogen and oxygen atoms in total. The summed E-state index contributed by atoms with van der Waals surface area (Å²) >= 11 is 0. The summed E-state index contributed by atoms with van der Waals surface area (Å²) in [6.07, 6.45) is 3.09. The highest BCUT2D eigenvalue weighted by Crippen LogP contribution is 2.25. The van der Waals surface area contributed by atoms with Gasteiger partial charge in [0.25, 0.3) is 5.91 Å². The first-order chi connectivity index (χ1) is 12.9. The number of rotatable bonds is 7. The average Bonchev–Trinajstić information content (AvgIpc) is 2.94. The molecule has 2 aromatic heterocycles. The molecule has 3 rings (SSSR count). The van der Waals surface area contributed by atoms with Gasteiger partial charge in [0, 0.05) is 24.0 Å². The maximum absolute atomic E-state index is 12.4. The fourth-order valence-electron chi connectivity index (χ4n) is 3.45. The van der Waals surface area contributed by atoms with Crippen LogP contribution in [-0.2, 0) is 4.79 Å². The maximum atomic E-state index is 12.4. The molecule has 0 atom stereocenters. The third-order valence-corrected chi connectivity index (χ3v) is 4.95. The monoisotopic (exact) mass is 371 g/mol. The maximum Gasteiger partial charge on any atom is 0.317 e. The molecule has 1 saturated carbocycles. The van der Waals surface area contributed by atoms with Gasteiger partial charge in [0.1, 0.15) is 0 Å². The van der Waals surface area contributed by atoms with Crippen molar-refractivity contribution in [3.63, 3.8) is 0 Å². The van der Waals surface area contributed by atoms with Gasteiger partial charge in [-0.15, -0.1) is 0 Å². The molecule has 0 unspecified atom stereocenters. The Hall–Kier alpha value is -2.74. The van der Waals surface area contributed by atoms with Crippen molar-refractivity contribution in [2.45, 2.75) is 45.7 Å². The van der Waals surface area contributed by atoms with E-state index >= 15 is 0 Å². The van der Waals surface area contributed by atoms with E-state index in [1.807, 2.05) is 31.7 Å². The number of aryl methyl sites for hydroxylation is 2. The summed E-state index contributed by atoms with van der Waals surface area (Å²) in [6.45, 7) is 6.56. The number of carbonyl (C=O) groups is 2. The van der Waals surface area contributed by atoms with E-state index < -0.39 is 5.97 Å². The third-order valence-electron chi connectivity index (χ3n) is 4.95. The Morgan fingerprint density at radius 1 is 1.33 bits per heavy atom. The molecule has 0 aliphatic heterocycles. The van der Waals surface area contributed by atoms with Crippen molar-refractivity contribution in [2.24, 2.45) is 0 Å². The van der Waals surface area contributed by atoms with E-state index in [1.54, 1.807) is 23.0 Å². The van der Waals surface area contributed by atoms with E-state index in [9.17, 15) is 9.59 Å². The number of likely N-dealkylation sites (N-methyl/N-ethyl adjacent to an activating group) is 1. The van der Waals surface area contributed by atoms with Crippen LogP contribution in [0.15, 0.2) is 24.4 Å². The van der Waals surface area contributed by atoms with Gasteiger partial charge in [0.05, 0.1) is 17.8 Å². The van der Waals surface area contributed by atoms with Crippen molar-refractivity contribution in [1.82, 2.24) is 25.0 Å². The van der Waals surface area contributed by atoms with Crippen LogP contribution in [0.4, 0.5) is 0 Å². The molecular weight excluding hydrogens is 346 g/mol. The van der Waals surface area contributed by atoms with Gasteiger partial charge in [-0.25, -0.2) is 9.67 Å². The molecule has 8 heteroatoms. The molecule has 0 aromatic carbocycles. The van der Waals surface area contributed by atoms with Crippen LogP contribution in [0.2, 0.25) is 0 Å². The van der Waals surface area contributed by atoms with Gasteiger partial charge >= 0.3 is 5.97 Å². The first-order valence-corrected chi connectivity index (χ1v) is 9.13. The predicted octanol–water partition coefficient (Wildman–Crippen LogP) is 1.55. The Morgan fingerprint density at radius 2 is 2.07 bits per heavy atom. The van der Waals surface area contributed by atoms with Crippen molar-refractivity contribution in [3.8, 4) is 5.82 Å². The number of carboxylic acid groups (broad SMARTS) is 1. The van der Waals surface area contributed by atoms with E-state index in [1.165, 1.54) is 0 Å². The van der Waals surface area contributed by atoms with E-state index in [0.717, 1.165) is 24.2 Å². The van der Waals surface area contributed by atoms with Crippen LogP contribution >= 0.6 is 0 Å². The van der Waals surface area contributed by atoms with Crippen LogP contribution in [0, 0.1) is 13.8 Å². The lowest BCUT2D eigenvalue weighted by molar-refractivity contribution is -0.139. The molecule has 2 N–H and O–H groups in total. The van der Waals surface area contributed by atoms with Crippen molar-refractivity contribution in [3.05, 3.63) is 41.3 Å². The first-order valence-electron chi connectivity index (χ1n) is 9.13. The molecule has 0 saturated heterocycles. The number of carbonyl (C=O) groups excluding carboxylic acids is 1. The van der Waals surface area contributed by atoms with Gasteiger partial charge in [-0.05, 0) is 51.4 Å². The number of nitrogens with zero attached hydrogens (tertiary/aromatic N) is 4. The van der Waals surface area contributed by atoms with E-state index in [4.69, 9.17) is 5.11 Å². The molecular formula is C19H25N5O3. The topological polar surface area (TPSA) is 100 Å². The Kier molecular flexibility index (Phi) is 5.55. The summed E-state index contributed by atoms with van der Waals surface area (Å²) in [6, 6.07) is 5.78. The summed E-state index contributed by atoms with van der Waals surface area (Å²) in [4.78, 5) is 29.6.